The minimum absolute atomic E-state index is 0.0798. The minimum atomic E-state index is -4.87. The van der Waals surface area contributed by atoms with Gasteiger partial charge in [0.25, 0.3) is 0 Å². The first-order valence-corrected chi connectivity index (χ1v) is 25.7. The van der Waals surface area contributed by atoms with Crippen LogP contribution in [0.25, 0.3) is 0 Å². The zero-order chi connectivity index (χ0) is 44.6. The predicted molar refractivity (Wildman–Crippen MR) is 235 cm³/mol. The third kappa shape index (κ3) is 42.7. The van der Waals surface area contributed by atoms with Crippen molar-refractivity contribution in [2.75, 3.05) is 26.4 Å². The first-order chi connectivity index (χ1) is 28.8. The number of allylic oxidation sites excluding steroid dienone is 6. The minimum Gasteiger partial charge on any atom is -0.462 e. The van der Waals surface area contributed by atoms with Crippen LogP contribution in [-0.4, -0.2) is 76.1 Å². The highest BCUT2D eigenvalue weighted by Crippen LogP contribution is 2.43. The van der Waals surface area contributed by atoms with Crippen molar-refractivity contribution in [3.05, 3.63) is 36.5 Å². The summed E-state index contributed by atoms with van der Waals surface area (Å²) in [6.07, 6.45) is 35.4. The second-order valence-corrected chi connectivity index (χ2v) is 18.0. The van der Waals surface area contributed by atoms with Gasteiger partial charge in [0.05, 0.1) is 19.8 Å². The lowest BCUT2D eigenvalue weighted by Crippen LogP contribution is -2.30. The van der Waals surface area contributed by atoms with Crippen LogP contribution >= 0.6 is 15.6 Å². The summed E-state index contributed by atoms with van der Waals surface area (Å²) in [6, 6.07) is 0. The molecule has 16 heteroatoms. The monoisotopic (exact) mass is 895 g/mol. The summed E-state index contributed by atoms with van der Waals surface area (Å²) in [5.41, 5.74) is 0. The van der Waals surface area contributed by atoms with E-state index in [2.05, 4.69) is 35.0 Å². The number of ketones is 1. The number of hydrogen-bond acceptors (Lipinski definition) is 11. The Morgan fingerprint density at radius 1 is 0.517 bits per heavy atom. The molecule has 0 aromatic heterocycles. The van der Waals surface area contributed by atoms with Gasteiger partial charge in [-0.05, 0) is 63.9 Å². The molecule has 0 aliphatic rings. The van der Waals surface area contributed by atoms with Gasteiger partial charge < -0.3 is 29.3 Å². The van der Waals surface area contributed by atoms with Crippen LogP contribution in [0.15, 0.2) is 36.5 Å². The van der Waals surface area contributed by atoms with E-state index in [1.165, 1.54) is 57.8 Å². The van der Waals surface area contributed by atoms with Crippen molar-refractivity contribution < 1.29 is 66.3 Å². The molecule has 3 atom stereocenters. The van der Waals surface area contributed by atoms with E-state index in [-0.39, 0.29) is 18.6 Å². The van der Waals surface area contributed by atoms with Gasteiger partial charge in [-0.25, -0.2) is 9.13 Å². The number of aliphatic hydroxyl groups excluding tert-OH is 1. The lowest BCUT2D eigenvalue weighted by molar-refractivity contribution is -0.161. The van der Waals surface area contributed by atoms with Gasteiger partial charge >= 0.3 is 27.6 Å². The van der Waals surface area contributed by atoms with Gasteiger partial charge in [-0.3, -0.25) is 28.0 Å². The summed E-state index contributed by atoms with van der Waals surface area (Å²) in [7, 11) is -9.70. The SMILES string of the molecule is CCCCCCCC/C=C\CCCCCCCCCC(=O)OC[C@H](COP(=O)(O)OC[C@@H](O)COP(=O)(O)O)OC(=O)CCCCCCC/C=C\C=C\C(=O)CCCCC. The van der Waals surface area contributed by atoms with Crippen LogP contribution in [0.3, 0.4) is 0 Å². The summed E-state index contributed by atoms with van der Waals surface area (Å²) >= 11 is 0. The predicted octanol–water partition coefficient (Wildman–Crippen LogP) is 10.9. The second kappa shape index (κ2) is 39.8. The molecule has 0 aromatic rings. The lowest BCUT2D eigenvalue weighted by atomic mass is 10.1. The Labute approximate surface area is 361 Å². The smallest absolute Gasteiger partial charge is 0.462 e. The molecule has 0 aromatic carbocycles. The van der Waals surface area contributed by atoms with Gasteiger partial charge in [0.15, 0.2) is 11.9 Å². The zero-order valence-corrected chi connectivity index (χ0v) is 38.6. The quantitative estimate of drug-likeness (QED) is 0.0112. The van der Waals surface area contributed by atoms with Gasteiger partial charge in [-0.1, -0.05) is 141 Å². The Hall–Kier alpha value is -1.99. The van der Waals surface area contributed by atoms with Gasteiger partial charge in [-0.2, -0.15) is 0 Å². The van der Waals surface area contributed by atoms with Crippen LogP contribution in [0, 0.1) is 0 Å². The molecule has 0 heterocycles. The normalized spacial score (nSPS) is 14.2. The number of unbranched alkanes of at least 4 members (excludes halogenated alkanes) is 20. The van der Waals surface area contributed by atoms with Gasteiger partial charge in [0, 0.05) is 19.3 Å². The number of carbonyl (C=O) groups is 3. The molecule has 0 aliphatic carbocycles. The highest BCUT2D eigenvalue weighted by Gasteiger charge is 2.28. The molecule has 4 N–H and O–H groups in total. The summed E-state index contributed by atoms with van der Waals surface area (Å²) in [5.74, 6) is -0.949. The number of carbonyl (C=O) groups excluding carboxylic acids is 3. The molecule has 0 radical (unpaired) electrons. The van der Waals surface area contributed by atoms with Crippen molar-refractivity contribution in [2.45, 2.75) is 199 Å². The average Bonchev–Trinajstić information content (AvgIpc) is 3.20. The van der Waals surface area contributed by atoms with E-state index in [9.17, 15) is 33.5 Å². The van der Waals surface area contributed by atoms with Crippen LogP contribution in [-0.2, 0) is 46.6 Å². The number of aliphatic hydroxyl groups is 1. The van der Waals surface area contributed by atoms with Crippen LogP contribution in [0.1, 0.15) is 187 Å². The number of hydrogen-bond donors (Lipinski definition) is 4. The Balaban J connectivity index is 4.55. The first kappa shape index (κ1) is 58.0. The van der Waals surface area contributed by atoms with Crippen molar-refractivity contribution in [3.8, 4) is 0 Å². The molecular formula is C44H80O14P2. The van der Waals surface area contributed by atoms with E-state index in [1.54, 1.807) is 12.2 Å². The average molecular weight is 895 g/mol. The Morgan fingerprint density at radius 3 is 1.53 bits per heavy atom. The molecule has 0 bridgehead atoms. The van der Waals surface area contributed by atoms with E-state index in [0.29, 0.717) is 19.3 Å². The molecule has 0 fully saturated rings. The molecule has 350 valence electrons. The topological polar surface area (TPSA) is 212 Å². The summed E-state index contributed by atoms with van der Waals surface area (Å²) in [5, 5.41) is 9.75. The summed E-state index contributed by atoms with van der Waals surface area (Å²) in [4.78, 5) is 64.5. The summed E-state index contributed by atoms with van der Waals surface area (Å²) < 4.78 is 47.7. The Bertz CT molecular complexity index is 1270. The second-order valence-electron chi connectivity index (χ2n) is 15.4. The fraction of sp³-hybridized carbons (Fsp3) is 0.795. The van der Waals surface area contributed by atoms with Crippen molar-refractivity contribution in [1.29, 1.82) is 0 Å². The van der Waals surface area contributed by atoms with Gasteiger partial charge in [0.1, 0.15) is 12.7 Å². The molecule has 14 nitrogen and oxygen atoms in total. The maximum Gasteiger partial charge on any atom is 0.472 e. The molecule has 0 rings (SSSR count). The van der Waals surface area contributed by atoms with E-state index in [4.69, 9.17) is 23.8 Å². The van der Waals surface area contributed by atoms with E-state index in [1.807, 2.05) is 12.2 Å². The number of rotatable bonds is 43. The zero-order valence-electron chi connectivity index (χ0n) is 36.8. The van der Waals surface area contributed by atoms with E-state index in [0.717, 1.165) is 83.5 Å². The largest absolute Gasteiger partial charge is 0.472 e. The van der Waals surface area contributed by atoms with Crippen molar-refractivity contribution in [3.63, 3.8) is 0 Å². The van der Waals surface area contributed by atoms with Crippen LogP contribution in [0.2, 0.25) is 0 Å². The maximum absolute atomic E-state index is 12.7. The van der Waals surface area contributed by atoms with Crippen LogP contribution in [0.5, 0.6) is 0 Å². The fourth-order valence-corrected chi connectivity index (χ4v) is 7.13. The van der Waals surface area contributed by atoms with Crippen molar-refractivity contribution in [2.24, 2.45) is 0 Å². The number of phosphoric acid groups is 2. The number of ether oxygens (including phenoxy) is 2. The number of phosphoric ester groups is 2. The highest BCUT2D eigenvalue weighted by molar-refractivity contribution is 7.47. The number of esters is 2. The summed E-state index contributed by atoms with van der Waals surface area (Å²) in [6.45, 7) is 1.56. The fourth-order valence-electron chi connectivity index (χ4n) is 5.97. The molecule has 60 heavy (non-hydrogen) atoms. The highest BCUT2D eigenvalue weighted by atomic mass is 31.2. The lowest BCUT2D eigenvalue weighted by Gasteiger charge is -2.20. The van der Waals surface area contributed by atoms with Gasteiger partial charge in [0.2, 0.25) is 0 Å². The molecule has 0 saturated heterocycles. The molecule has 0 amide bonds. The molecule has 1 unspecified atom stereocenters. The van der Waals surface area contributed by atoms with E-state index >= 15 is 0 Å². The van der Waals surface area contributed by atoms with E-state index < -0.39 is 66.2 Å². The third-order valence-corrected chi connectivity index (χ3v) is 10.9. The molecular weight excluding hydrogens is 814 g/mol. The Kier molecular flexibility index (Phi) is 38.5. The van der Waals surface area contributed by atoms with Crippen LogP contribution < -0.4 is 0 Å². The van der Waals surface area contributed by atoms with Crippen LogP contribution in [0.4, 0.5) is 0 Å². The molecule has 0 aliphatic heterocycles. The van der Waals surface area contributed by atoms with Crippen molar-refractivity contribution in [1.82, 2.24) is 0 Å². The Morgan fingerprint density at radius 2 is 0.967 bits per heavy atom. The molecule has 0 saturated carbocycles. The first-order valence-electron chi connectivity index (χ1n) is 22.6. The third-order valence-electron chi connectivity index (χ3n) is 9.47. The maximum atomic E-state index is 12.7. The standard InChI is InChI=1S/C44H80O14P2/c1-3-5-7-8-9-10-11-12-13-14-15-16-17-20-23-26-30-34-43(47)54-38-42(39-57-60(52,53)56-37-41(46)36-55-59(49,50)51)58-44(48)35-31-27-24-21-18-19-22-25-29-33-40(45)32-28-6-4-2/h12-13,22,25,29,33,41-42,46H,3-11,14-21,23-24,26-28,30-32,34-39H2,1-2H3,(H,52,53)(H2,49,50,51)/b13-12-,25-22-,33-29+/t41-,42+/m0/s1. The van der Waals surface area contributed by atoms with Crippen molar-refractivity contribution >= 4 is 33.4 Å². The molecule has 0 spiro atoms. The van der Waals surface area contributed by atoms with Gasteiger partial charge in [-0.15, -0.1) is 0 Å².